The minimum atomic E-state index is -0.111. The van der Waals surface area contributed by atoms with E-state index in [1.807, 2.05) is 24.3 Å². The number of rotatable bonds is 5. The van der Waals surface area contributed by atoms with Crippen LogP contribution in [0, 0.1) is 18.5 Å². The SMILES string of the molecule is CC(C)(C)[C@@H]1CCc2c(sc(N=Cc3cc(I)c(O)c(I)c3)c2C(=O)NCc2ccco2)C1. The average Bonchev–Trinajstić information content (AvgIpc) is 3.40. The average molecular weight is 688 g/mol. The maximum atomic E-state index is 13.3. The molecule has 5 nitrogen and oxygen atoms in total. The number of thiophene rings is 1. The molecule has 1 aliphatic rings. The number of carbonyl (C=O) groups is 1. The molecular formula is C25H26I2N2O3S. The monoisotopic (exact) mass is 688 g/mol. The number of nitrogens with zero attached hydrogens (tertiary/aromatic N) is 1. The van der Waals surface area contributed by atoms with Crippen molar-refractivity contribution in [3.63, 3.8) is 0 Å². The van der Waals surface area contributed by atoms with Gasteiger partial charge in [0.15, 0.2) is 0 Å². The number of aliphatic imine (C=N–C) groups is 1. The zero-order valence-electron chi connectivity index (χ0n) is 18.7. The van der Waals surface area contributed by atoms with Gasteiger partial charge in [-0.3, -0.25) is 4.79 Å². The smallest absolute Gasteiger partial charge is 0.255 e. The maximum Gasteiger partial charge on any atom is 0.255 e. The molecule has 0 unspecified atom stereocenters. The van der Waals surface area contributed by atoms with Crippen LogP contribution >= 0.6 is 56.5 Å². The van der Waals surface area contributed by atoms with Crippen LogP contribution in [0.4, 0.5) is 5.00 Å². The van der Waals surface area contributed by atoms with Gasteiger partial charge in [-0.05, 0) is 111 Å². The van der Waals surface area contributed by atoms with Crippen LogP contribution in [-0.4, -0.2) is 17.2 Å². The Labute approximate surface area is 225 Å². The fraction of sp³-hybridized carbons (Fsp3) is 0.360. The van der Waals surface area contributed by atoms with Gasteiger partial charge in [-0.1, -0.05) is 20.8 Å². The molecule has 0 saturated heterocycles. The first kappa shape index (κ1) is 24.7. The molecule has 0 saturated carbocycles. The summed E-state index contributed by atoms with van der Waals surface area (Å²) >= 11 is 5.86. The molecule has 2 N–H and O–H groups in total. The Kier molecular flexibility index (Phi) is 7.54. The van der Waals surface area contributed by atoms with E-state index in [0.29, 0.717) is 18.0 Å². The fourth-order valence-corrected chi connectivity index (χ4v) is 7.18. The maximum absolute atomic E-state index is 13.3. The molecular weight excluding hydrogens is 662 g/mol. The zero-order chi connectivity index (χ0) is 23.8. The first-order valence-electron chi connectivity index (χ1n) is 10.8. The standard InChI is InChI=1S/C25H26I2N2O3S/c1-25(2,3)15-6-7-17-20(11-15)33-24(21(17)23(31)28-13-16-5-4-8-32-16)29-12-14-9-18(26)22(30)19(27)10-14/h4-5,8-10,12,15,30H,6-7,11,13H2,1-3H3,(H,28,31)/t15-/m1/s1. The van der Waals surface area contributed by atoms with Crippen molar-refractivity contribution in [2.45, 2.75) is 46.6 Å². The number of amides is 1. The number of furan rings is 1. The van der Waals surface area contributed by atoms with Crippen molar-refractivity contribution >= 4 is 73.6 Å². The zero-order valence-corrected chi connectivity index (χ0v) is 23.9. The molecule has 3 aromatic rings. The summed E-state index contributed by atoms with van der Waals surface area (Å²) in [6.07, 6.45) is 6.33. The van der Waals surface area contributed by atoms with Crippen LogP contribution in [0.1, 0.15) is 59.3 Å². The van der Waals surface area contributed by atoms with Gasteiger partial charge < -0.3 is 14.8 Å². The molecule has 0 bridgehead atoms. The van der Waals surface area contributed by atoms with E-state index < -0.39 is 0 Å². The highest BCUT2D eigenvalue weighted by molar-refractivity contribution is 14.1. The van der Waals surface area contributed by atoms with Gasteiger partial charge >= 0.3 is 0 Å². The first-order valence-corrected chi connectivity index (χ1v) is 13.8. The topological polar surface area (TPSA) is 74.8 Å². The number of benzene rings is 1. The summed E-state index contributed by atoms with van der Waals surface area (Å²) in [5.74, 6) is 1.48. The van der Waals surface area contributed by atoms with Gasteiger partial charge in [0, 0.05) is 11.1 Å². The number of phenolic OH excluding ortho intramolecular Hbond substituents is 1. The molecule has 0 spiro atoms. The van der Waals surface area contributed by atoms with E-state index in [2.05, 4.69) is 71.3 Å². The second kappa shape index (κ2) is 10.1. The van der Waals surface area contributed by atoms with E-state index >= 15 is 0 Å². The van der Waals surface area contributed by atoms with Gasteiger partial charge in [0.25, 0.3) is 5.91 Å². The number of carbonyl (C=O) groups excluding carboxylic acids is 1. The molecule has 0 aliphatic heterocycles. The number of phenols is 1. The molecule has 174 valence electrons. The number of nitrogens with one attached hydrogen (secondary N) is 1. The second-order valence-electron chi connectivity index (χ2n) is 9.34. The Morgan fingerprint density at radius 2 is 2.06 bits per heavy atom. The third kappa shape index (κ3) is 5.64. The largest absolute Gasteiger partial charge is 0.506 e. The third-order valence-corrected chi connectivity index (χ3v) is 8.88. The van der Waals surface area contributed by atoms with Gasteiger partial charge in [-0.25, -0.2) is 4.99 Å². The molecule has 1 aromatic carbocycles. The molecule has 8 heteroatoms. The van der Waals surface area contributed by atoms with Crippen molar-refractivity contribution in [2.24, 2.45) is 16.3 Å². The Morgan fingerprint density at radius 1 is 1.33 bits per heavy atom. The van der Waals surface area contributed by atoms with Crippen LogP contribution in [0.15, 0.2) is 39.9 Å². The Bertz CT molecular complexity index is 1170. The Morgan fingerprint density at radius 3 is 2.70 bits per heavy atom. The van der Waals surface area contributed by atoms with E-state index in [1.54, 1.807) is 23.8 Å². The molecule has 33 heavy (non-hydrogen) atoms. The number of hydrogen-bond donors (Lipinski definition) is 2. The fourth-order valence-electron chi connectivity index (χ4n) is 4.10. The molecule has 1 aliphatic carbocycles. The van der Waals surface area contributed by atoms with Gasteiger partial charge in [0.05, 0.1) is 25.5 Å². The molecule has 2 heterocycles. The van der Waals surface area contributed by atoms with Crippen LogP contribution in [0.5, 0.6) is 5.75 Å². The summed E-state index contributed by atoms with van der Waals surface area (Å²) in [6.45, 7) is 7.22. The highest BCUT2D eigenvalue weighted by atomic mass is 127. The van der Waals surface area contributed by atoms with Crippen molar-refractivity contribution in [1.29, 1.82) is 0 Å². The predicted octanol–water partition coefficient (Wildman–Crippen LogP) is 7.09. The number of hydrogen-bond acceptors (Lipinski definition) is 5. The van der Waals surface area contributed by atoms with Gasteiger partial charge in [0.1, 0.15) is 16.5 Å². The third-order valence-electron chi connectivity index (χ3n) is 6.07. The number of fused-ring (bicyclic) bond motifs is 1. The molecule has 1 atom stereocenters. The van der Waals surface area contributed by atoms with E-state index in [9.17, 15) is 9.90 Å². The van der Waals surface area contributed by atoms with Gasteiger partial charge in [-0.15, -0.1) is 11.3 Å². The van der Waals surface area contributed by atoms with E-state index in [1.165, 1.54) is 4.88 Å². The summed E-state index contributed by atoms with van der Waals surface area (Å²) in [4.78, 5) is 19.3. The van der Waals surface area contributed by atoms with Crippen molar-refractivity contribution in [1.82, 2.24) is 5.32 Å². The minimum absolute atomic E-state index is 0.111. The molecule has 0 radical (unpaired) electrons. The molecule has 1 amide bonds. The quantitative estimate of drug-likeness (QED) is 0.222. The van der Waals surface area contributed by atoms with E-state index in [0.717, 1.165) is 48.3 Å². The summed E-state index contributed by atoms with van der Waals surface area (Å²) in [5, 5.41) is 13.8. The van der Waals surface area contributed by atoms with Crippen molar-refractivity contribution in [3.8, 4) is 5.75 Å². The lowest BCUT2D eigenvalue weighted by atomic mass is 9.72. The summed E-state index contributed by atoms with van der Waals surface area (Å²) < 4.78 is 6.92. The summed E-state index contributed by atoms with van der Waals surface area (Å²) in [5.41, 5.74) is 2.95. The summed E-state index contributed by atoms with van der Waals surface area (Å²) in [7, 11) is 0. The lowest BCUT2D eigenvalue weighted by molar-refractivity contribution is 0.0947. The number of aromatic hydroxyl groups is 1. The Balaban J connectivity index is 1.67. The van der Waals surface area contributed by atoms with Crippen LogP contribution in [0.3, 0.4) is 0 Å². The van der Waals surface area contributed by atoms with Crippen molar-refractivity contribution in [3.05, 3.63) is 65.0 Å². The van der Waals surface area contributed by atoms with Crippen molar-refractivity contribution in [2.75, 3.05) is 0 Å². The normalized spacial score (nSPS) is 16.2. The predicted molar refractivity (Wildman–Crippen MR) is 150 cm³/mol. The summed E-state index contributed by atoms with van der Waals surface area (Å²) in [6, 6.07) is 7.45. The van der Waals surface area contributed by atoms with Gasteiger partial charge in [0.2, 0.25) is 0 Å². The number of halogens is 2. The van der Waals surface area contributed by atoms with Crippen LogP contribution in [0.25, 0.3) is 0 Å². The highest BCUT2D eigenvalue weighted by Gasteiger charge is 2.33. The van der Waals surface area contributed by atoms with Gasteiger partial charge in [-0.2, -0.15) is 0 Å². The molecule has 2 aromatic heterocycles. The lowest BCUT2D eigenvalue weighted by Gasteiger charge is -2.33. The van der Waals surface area contributed by atoms with Crippen LogP contribution in [-0.2, 0) is 19.4 Å². The molecule has 4 rings (SSSR count). The van der Waals surface area contributed by atoms with Crippen LogP contribution in [0.2, 0.25) is 0 Å². The van der Waals surface area contributed by atoms with Crippen molar-refractivity contribution < 1.29 is 14.3 Å². The van der Waals surface area contributed by atoms with Crippen LogP contribution < -0.4 is 5.32 Å². The Hall–Kier alpha value is -1.40. The first-order chi connectivity index (χ1) is 15.6. The lowest BCUT2D eigenvalue weighted by Crippen LogP contribution is -2.28. The van der Waals surface area contributed by atoms with E-state index in [4.69, 9.17) is 9.41 Å². The molecule has 0 fully saturated rings. The minimum Gasteiger partial charge on any atom is -0.506 e. The van der Waals surface area contributed by atoms with E-state index in [-0.39, 0.29) is 17.1 Å². The highest BCUT2D eigenvalue weighted by Crippen LogP contribution is 2.45. The second-order valence-corrected chi connectivity index (χ2v) is 12.8.